The maximum atomic E-state index is 11.2. The number of carboxylic acids is 1. The van der Waals surface area contributed by atoms with Crippen LogP contribution in [0.2, 0.25) is 0 Å². The van der Waals surface area contributed by atoms with Crippen molar-refractivity contribution in [2.75, 3.05) is 0 Å². The van der Waals surface area contributed by atoms with E-state index in [1.54, 1.807) is 19.9 Å². The van der Waals surface area contributed by atoms with Gasteiger partial charge in [0.1, 0.15) is 16.9 Å². The van der Waals surface area contributed by atoms with Gasteiger partial charge >= 0.3 is 5.97 Å². The van der Waals surface area contributed by atoms with Gasteiger partial charge in [-0.1, -0.05) is 19.0 Å². The molecule has 0 amide bonds. The minimum Gasteiger partial charge on any atom is -0.481 e. The number of hydrogen-bond acceptors (Lipinski definition) is 4. The molecule has 2 rings (SSSR count). The number of nitrogens with zero attached hydrogens (tertiary/aromatic N) is 1. The van der Waals surface area contributed by atoms with Gasteiger partial charge in [-0.2, -0.15) is 0 Å². The van der Waals surface area contributed by atoms with Crippen LogP contribution in [0.5, 0.6) is 0 Å². The second-order valence-electron chi connectivity index (χ2n) is 4.96. The van der Waals surface area contributed by atoms with Crippen molar-refractivity contribution < 1.29 is 18.8 Å². The third kappa shape index (κ3) is 1.71. The SMILES string of the molecule is CC(C)c1cc2onc(C(C)(C)C(=O)O)c2o1. The Balaban J connectivity index is 2.59. The summed E-state index contributed by atoms with van der Waals surface area (Å²) in [4.78, 5) is 11.2. The largest absolute Gasteiger partial charge is 0.481 e. The number of carboxylic acid groups (broad SMARTS) is 1. The highest BCUT2D eigenvalue weighted by Gasteiger charge is 2.36. The molecule has 0 aliphatic heterocycles. The zero-order valence-electron chi connectivity index (χ0n) is 10.3. The van der Waals surface area contributed by atoms with Crippen molar-refractivity contribution in [3.8, 4) is 0 Å². The van der Waals surface area contributed by atoms with Gasteiger partial charge in [-0.25, -0.2) is 0 Å². The van der Waals surface area contributed by atoms with Crippen molar-refractivity contribution in [3.05, 3.63) is 17.5 Å². The number of fused-ring (bicyclic) bond motifs is 1. The summed E-state index contributed by atoms with van der Waals surface area (Å²) in [6.45, 7) is 7.13. The van der Waals surface area contributed by atoms with E-state index in [2.05, 4.69) is 5.16 Å². The fourth-order valence-electron chi connectivity index (χ4n) is 1.55. The highest BCUT2D eigenvalue weighted by atomic mass is 16.5. The monoisotopic (exact) mass is 237 g/mol. The van der Waals surface area contributed by atoms with E-state index in [1.165, 1.54) is 0 Å². The van der Waals surface area contributed by atoms with E-state index in [9.17, 15) is 4.79 Å². The molecule has 0 aliphatic rings. The highest BCUT2D eigenvalue weighted by Crippen LogP contribution is 2.33. The Morgan fingerprint density at radius 2 is 2.12 bits per heavy atom. The van der Waals surface area contributed by atoms with Gasteiger partial charge in [-0.3, -0.25) is 4.79 Å². The molecule has 0 radical (unpaired) electrons. The molecular formula is C12H15NO4. The first-order valence-corrected chi connectivity index (χ1v) is 5.47. The third-order valence-corrected chi connectivity index (χ3v) is 2.86. The second kappa shape index (κ2) is 3.61. The van der Waals surface area contributed by atoms with Crippen LogP contribution in [0.15, 0.2) is 15.0 Å². The van der Waals surface area contributed by atoms with E-state index >= 15 is 0 Å². The molecule has 0 bridgehead atoms. The lowest BCUT2D eigenvalue weighted by Crippen LogP contribution is -2.29. The summed E-state index contributed by atoms with van der Waals surface area (Å²) < 4.78 is 10.7. The molecule has 1 N–H and O–H groups in total. The molecule has 0 aliphatic carbocycles. The van der Waals surface area contributed by atoms with Gasteiger partial charge in [-0.05, 0) is 13.8 Å². The number of carbonyl (C=O) groups is 1. The Bertz CT molecular complexity index is 562. The summed E-state index contributed by atoms with van der Waals surface area (Å²) in [6.07, 6.45) is 0. The van der Waals surface area contributed by atoms with E-state index in [-0.39, 0.29) is 5.92 Å². The zero-order valence-corrected chi connectivity index (χ0v) is 10.3. The fourth-order valence-corrected chi connectivity index (χ4v) is 1.55. The molecule has 0 aromatic carbocycles. The molecule has 17 heavy (non-hydrogen) atoms. The summed E-state index contributed by atoms with van der Waals surface area (Å²) in [7, 11) is 0. The molecule has 0 atom stereocenters. The molecular weight excluding hydrogens is 222 g/mol. The Morgan fingerprint density at radius 3 is 2.65 bits per heavy atom. The maximum Gasteiger partial charge on any atom is 0.315 e. The number of hydrogen-bond donors (Lipinski definition) is 1. The molecule has 5 heteroatoms. The fraction of sp³-hybridized carbons (Fsp3) is 0.500. The third-order valence-electron chi connectivity index (χ3n) is 2.86. The van der Waals surface area contributed by atoms with Crippen molar-refractivity contribution in [2.24, 2.45) is 0 Å². The molecule has 0 fully saturated rings. The van der Waals surface area contributed by atoms with Crippen LogP contribution in [0.4, 0.5) is 0 Å². The summed E-state index contributed by atoms with van der Waals surface area (Å²) >= 11 is 0. The number of aliphatic carboxylic acids is 1. The number of furan rings is 1. The van der Waals surface area contributed by atoms with E-state index < -0.39 is 11.4 Å². The lowest BCUT2D eigenvalue weighted by Gasteiger charge is -2.14. The second-order valence-corrected chi connectivity index (χ2v) is 4.96. The Hall–Kier alpha value is -1.78. The van der Waals surface area contributed by atoms with E-state index in [0.29, 0.717) is 16.9 Å². The van der Waals surface area contributed by atoms with Gasteiger partial charge in [0.15, 0.2) is 5.58 Å². The number of aromatic nitrogens is 1. The average molecular weight is 237 g/mol. The van der Waals surface area contributed by atoms with E-state index in [1.807, 2.05) is 13.8 Å². The Morgan fingerprint density at radius 1 is 1.47 bits per heavy atom. The van der Waals surface area contributed by atoms with Crippen LogP contribution in [-0.2, 0) is 10.2 Å². The zero-order chi connectivity index (χ0) is 12.8. The van der Waals surface area contributed by atoms with Crippen LogP contribution in [0, 0.1) is 0 Å². The van der Waals surface area contributed by atoms with E-state index in [4.69, 9.17) is 14.0 Å². The molecule has 2 aromatic rings. The van der Waals surface area contributed by atoms with Gasteiger partial charge in [0.2, 0.25) is 5.58 Å². The van der Waals surface area contributed by atoms with Crippen molar-refractivity contribution in [3.63, 3.8) is 0 Å². The minimum absolute atomic E-state index is 0.221. The van der Waals surface area contributed by atoms with Crippen LogP contribution < -0.4 is 0 Å². The Labute approximate surface area is 98.4 Å². The average Bonchev–Trinajstić information content (AvgIpc) is 2.74. The van der Waals surface area contributed by atoms with Gasteiger partial charge < -0.3 is 14.0 Å². The van der Waals surface area contributed by atoms with Crippen LogP contribution in [0.1, 0.15) is 45.1 Å². The maximum absolute atomic E-state index is 11.2. The van der Waals surface area contributed by atoms with Crippen LogP contribution >= 0.6 is 0 Å². The van der Waals surface area contributed by atoms with Crippen molar-refractivity contribution in [1.82, 2.24) is 5.16 Å². The molecule has 92 valence electrons. The molecule has 0 unspecified atom stereocenters. The van der Waals surface area contributed by atoms with Crippen LogP contribution in [0.25, 0.3) is 11.2 Å². The lowest BCUT2D eigenvalue weighted by atomic mass is 9.89. The molecule has 5 nitrogen and oxygen atoms in total. The van der Waals surface area contributed by atoms with Gasteiger partial charge in [-0.15, -0.1) is 0 Å². The quantitative estimate of drug-likeness (QED) is 0.888. The Kier molecular flexibility index (Phi) is 2.49. The predicted molar refractivity (Wildman–Crippen MR) is 61.0 cm³/mol. The lowest BCUT2D eigenvalue weighted by molar-refractivity contribution is -0.142. The minimum atomic E-state index is -1.13. The summed E-state index contributed by atoms with van der Waals surface area (Å²) in [5.74, 6) is 0.0252. The molecule has 0 saturated heterocycles. The highest BCUT2D eigenvalue weighted by molar-refractivity contribution is 5.86. The first-order chi connectivity index (χ1) is 7.84. The summed E-state index contributed by atoms with van der Waals surface area (Å²) in [6, 6.07) is 1.76. The first kappa shape index (κ1) is 11.7. The standard InChI is InChI=1S/C12H15NO4/c1-6(2)7-5-8-9(16-7)10(13-17-8)12(3,4)11(14)15/h5-6H,1-4H3,(H,14,15). The molecule has 2 heterocycles. The van der Waals surface area contributed by atoms with Crippen molar-refractivity contribution in [2.45, 2.75) is 39.0 Å². The first-order valence-electron chi connectivity index (χ1n) is 5.47. The normalized spacial score (nSPS) is 12.5. The van der Waals surface area contributed by atoms with Crippen molar-refractivity contribution >= 4 is 17.1 Å². The summed E-state index contributed by atoms with van der Waals surface area (Å²) in [5, 5.41) is 13.0. The van der Waals surface area contributed by atoms with E-state index in [0.717, 1.165) is 5.76 Å². The van der Waals surface area contributed by atoms with Crippen molar-refractivity contribution in [1.29, 1.82) is 0 Å². The molecule has 0 spiro atoms. The summed E-state index contributed by atoms with van der Waals surface area (Å²) in [5.41, 5.74) is 0.128. The molecule has 2 aromatic heterocycles. The predicted octanol–water partition coefficient (Wildman–Crippen LogP) is 2.91. The van der Waals surface area contributed by atoms with Crippen LogP contribution in [-0.4, -0.2) is 16.2 Å². The van der Waals surface area contributed by atoms with Gasteiger partial charge in [0.25, 0.3) is 0 Å². The van der Waals surface area contributed by atoms with Gasteiger partial charge in [0.05, 0.1) is 0 Å². The van der Waals surface area contributed by atoms with Crippen LogP contribution in [0.3, 0.4) is 0 Å². The topological polar surface area (TPSA) is 76.5 Å². The smallest absolute Gasteiger partial charge is 0.315 e. The number of rotatable bonds is 3. The van der Waals surface area contributed by atoms with Gasteiger partial charge in [0, 0.05) is 12.0 Å². The molecule has 0 saturated carbocycles.